The highest BCUT2D eigenvalue weighted by Crippen LogP contribution is 2.40. The van der Waals surface area contributed by atoms with E-state index in [1.807, 2.05) is 48.5 Å². The van der Waals surface area contributed by atoms with Gasteiger partial charge >= 0.3 is 17.9 Å². The lowest BCUT2D eigenvalue weighted by atomic mass is 10.0. The highest BCUT2D eigenvalue weighted by molar-refractivity contribution is 9.10. The van der Waals surface area contributed by atoms with E-state index in [0.29, 0.717) is 16.6 Å². The number of hydrogen-bond acceptors (Lipinski definition) is 8. The molecule has 2 heterocycles. The number of halogens is 1. The first-order valence-electron chi connectivity index (χ1n) is 11.3. The van der Waals surface area contributed by atoms with Crippen molar-refractivity contribution < 1.29 is 38.4 Å². The summed E-state index contributed by atoms with van der Waals surface area (Å²) in [6.07, 6.45) is -3.40. The second kappa shape index (κ2) is 10.8. The van der Waals surface area contributed by atoms with E-state index in [0.717, 1.165) is 9.86 Å². The van der Waals surface area contributed by atoms with Crippen LogP contribution < -0.4 is 0 Å². The van der Waals surface area contributed by atoms with E-state index in [1.54, 1.807) is 10.8 Å². The molecule has 1 N–H and O–H groups in total. The molecule has 4 rings (SSSR count). The number of aliphatic hydroxyl groups is 1. The minimum Gasteiger partial charge on any atom is -0.456 e. The van der Waals surface area contributed by atoms with E-state index in [2.05, 4.69) is 15.9 Å². The number of esters is 3. The summed E-state index contributed by atoms with van der Waals surface area (Å²) in [4.78, 5) is 35.7. The molecule has 1 aromatic heterocycles. The molecule has 1 fully saturated rings. The first-order chi connectivity index (χ1) is 17.2. The molecule has 1 unspecified atom stereocenters. The lowest BCUT2D eigenvalue weighted by Crippen LogP contribution is -2.55. The summed E-state index contributed by atoms with van der Waals surface area (Å²) in [7, 11) is 0. The van der Waals surface area contributed by atoms with Gasteiger partial charge in [-0.3, -0.25) is 14.4 Å². The van der Waals surface area contributed by atoms with Gasteiger partial charge in [-0.05, 0) is 17.7 Å². The highest BCUT2D eigenvalue weighted by Gasteiger charge is 2.48. The molecule has 1 aliphatic heterocycles. The molecule has 36 heavy (non-hydrogen) atoms. The normalized spacial score (nSPS) is 22.6. The molecule has 1 saturated heterocycles. The molecule has 0 bridgehead atoms. The Balaban J connectivity index is 1.84. The van der Waals surface area contributed by atoms with Gasteiger partial charge in [0.15, 0.2) is 24.5 Å². The minimum absolute atomic E-state index is 0.107. The largest absolute Gasteiger partial charge is 0.456 e. The molecule has 0 radical (unpaired) electrons. The highest BCUT2D eigenvalue weighted by atomic mass is 79.9. The second-order valence-corrected chi connectivity index (χ2v) is 9.31. The SMILES string of the molecule is CC(=O)O[C@@H]1[C@@H](OC(C)=O)[C@H](OC(C)=O)CO[C@H]1n1cc(C(O)c2ccccc2)c2c(Br)cccc21. The number of benzene rings is 2. The van der Waals surface area contributed by atoms with Crippen LogP contribution in [0.4, 0.5) is 0 Å². The molecule has 10 heteroatoms. The third-order valence-electron chi connectivity index (χ3n) is 5.84. The van der Waals surface area contributed by atoms with Crippen molar-refractivity contribution >= 4 is 44.7 Å². The minimum atomic E-state index is -1.14. The summed E-state index contributed by atoms with van der Waals surface area (Å²) in [5, 5.41) is 12.0. The van der Waals surface area contributed by atoms with Gasteiger partial charge in [0.1, 0.15) is 6.10 Å². The fraction of sp³-hybridized carbons (Fsp3) is 0.346. The number of carbonyl (C=O) groups is 3. The number of carbonyl (C=O) groups excluding carboxylic acids is 3. The molecule has 0 aliphatic carbocycles. The van der Waals surface area contributed by atoms with E-state index in [1.165, 1.54) is 20.8 Å². The summed E-state index contributed by atoms with van der Waals surface area (Å²) in [5.74, 6) is -1.85. The Morgan fingerprint density at radius 3 is 2.22 bits per heavy atom. The average molecular weight is 560 g/mol. The number of ether oxygens (including phenoxy) is 4. The van der Waals surface area contributed by atoms with E-state index in [-0.39, 0.29) is 6.61 Å². The lowest BCUT2D eigenvalue weighted by Gasteiger charge is -2.41. The number of hydrogen-bond donors (Lipinski definition) is 1. The molecular weight excluding hydrogens is 534 g/mol. The third-order valence-corrected chi connectivity index (χ3v) is 6.51. The summed E-state index contributed by atoms with van der Waals surface area (Å²) in [6, 6.07) is 14.7. The van der Waals surface area contributed by atoms with Crippen molar-refractivity contribution in [2.45, 2.75) is 51.4 Å². The zero-order chi connectivity index (χ0) is 26.0. The van der Waals surface area contributed by atoms with Crippen molar-refractivity contribution in [1.29, 1.82) is 0 Å². The second-order valence-electron chi connectivity index (χ2n) is 8.46. The standard InChI is InChI=1S/C26H26BrNO8/c1-14(29)34-21-13-33-26(25(36-16(3)31)24(21)35-15(2)30)28-12-18(22-19(27)10-7-11-20(22)28)23(32)17-8-5-4-6-9-17/h4-12,21,23-26,32H,13H2,1-3H3/t21-,23?,24+,25-,26-/m1/s1. The Hall–Kier alpha value is -3.21. The van der Waals surface area contributed by atoms with Crippen molar-refractivity contribution in [2.24, 2.45) is 0 Å². The lowest BCUT2D eigenvalue weighted by molar-refractivity contribution is -0.239. The molecule has 3 aromatic rings. The maximum absolute atomic E-state index is 12.1. The topological polar surface area (TPSA) is 113 Å². The molecule has 9 nitrogen and oxygen atoms in total. The molecule has 190 valence electrons. The fourth-order valence-electron chi connectivity index (χ4n) is 4.49. The van der Waals surface area contributed by atoms with Gasteiger partial charge in [0.25, 0.3) is 0 Å². The number of nitrogens with zero attached hydrogens (tertiary/aromatic N) is 1. The Morgan fingerprint density at radius 2 is 1.58 bits per heavy atom. The molecule has 5 atom stereocenters. The summed E-state index contributed by atoms with van der Waals surface area (Å²) in [5.41, 5.74) is 1.98. The van der Waals surface area contributed by atoms with Gasteiger partial charge in [-0.25, -0.2) is 0 Å². The number of rotatable bonds is 6. The van der Waals surface area contributed by atoms with E-state index in [4.69, 9.17) is 18.9 Å². The first kappa shape index (κ1) is 25.9. The third kappa shape index (κ3) is 5.30. The Kier molecular flexibility index (Phi) is 7.77. The van der Waals surface area contributed by atoms with Crippen molar-refractivity contribution in [3.05, 3.63) is 70.3 Å². The quantitative estimate of drug-likeness (QED) is 0.358. The van der Waals surface area contributed by atoms with Gasteiger partial charge < -0.3 is 28.6 Å². The monoisotopic (exact) mass is 559 g/mol. The van der Waals surface area contributed by atoms with Crippen LogP contribution in [-0.2, 0) is 33.3 Å². The van der Waals surface area contributed by atoms with Crippen LogP contribution in [0.5, 0.6) is 0 Å². The van der Waals surface area contributed by atoms with Crippen LogP contribution in [-0.4, -0.2) is 52.5 Å². The zero-order valence-electron chi connectivity index (χ0n) is 19.9. The molecule has 0 saturated carbocycles. The van der Waals surface area contributed by atoms with Crippen LogP contribution in [0.2, 0.25) is 0 Å². The molecule has 0 amide bonds. The van der Waals surface area contributed by atoms with Crippen LogP contribution in [0, 0.1) is 0 Å². The summed E-state index contributed by atoms with van der Waals surface area (Å²) >= 11 is 3.59. The number of aromatic nitrogens is 1. The first-order valence-corrected chi connectivity index (χ1v) is 12.1. The predicted octanol–water partition coefficient (Wildman–Crippen LogP) is 3.81. The van der Waals surface area contributed by atoms with Crippen LogP contribution in [0.25, 0.3) is 10.9 Å². The van der Waals surface area contributed by atoms with E-state index < -0.39 is 48.6 Å². The molecular formula is C26H26BrNO8. The van der Waals surface area contributed by atoms with Crippen LogP contribution in [0.1, 0.15) is 44.2 Å². The van der Waals surface area contributed by atoms with Crippen molar-refractivity contribution in [1.82, 2.24) is 4.57 Å². The van der Waals surface area contributed by atoms with Gasteiger partial charge in [0.05, 0.1) is 12.1 Å². The van der Waals surface area contributed by atoms with Crippen molar-refractivity contribution in [2.75, 3.05) is 6.61 Å². The van der Waals surface area contributed by atoms with Gasteiger partial charge in [-0.2, -0.15) is 0 Å². The van der Waals surface area contributed by atoms with Crippen LogP contribution in [0.3, 0.4) is 0 Å². The van der Waals surface area contributed by atoms with Crippen LogP contribution in [0.15, 0.2) is 59.2 Å². The summed E-state index contributed by atoms with van der Waals surface area (Å²) < 4.78 is 24.9. The van der Waals surface area contributed by atoms with E-state index >= 15 is 0 Å². The fourth-order valence-corrected chi connectivity index (χ4v) is 5.08. The van der Waals surface area contributed by atoms with Crippen molar-refractivity contribution in [3.63, 3.8) is 0 Å². The zero-order valence-corrected chi connectivity index (χ0v) is 21.5. The van der Waals surface area contributed by atoms with Gasteiger partial charge in [-0.1, -0.05) is 52.3 Å². The Labute approximate surface area is 216 Å². The molecule has 0 spiro atoms. The number of fused-ring (bicyclic) bond motifs is 1. The van der Waals surface area contributed by atoms with Crippen molar-refractivity contribution in [3.8, 4) is 0 Å². The summed E-state index contributed by atoms with van der Waals surface area (Å²) in [6.45, 7) is 3.57. The Morgan fingerprint density at radius 1 is 0.944 bits per heavy atom. The van der Waals surface area contributed by atoms with Gasteiger partial charge in [0, 0.05) is 42.4 Å². The maximum Gasteiger partial charge on any atom is 0.303 e. The molecule has 2 aromatic carbocycles. The number of aliphatic hydroxyl groups excluding tert-OH is 1. The maximum atomic E-state index is 12.1. The van der Waals surface area contributed by atoms with Crippen LogP contribution >= 0.6 is 15.9 Å². The van der Waals surface area contributed by atoms with E-state index in [9.17, 15) is 19.5 Å². The van der Waals surface area contributed by atoms with Gasteiger partial charge in [0.2, 0.25) is 0 Å². The predicted molar refractivity (Wildman–Crippen MR) is 132 cm³/mol. The Bertz CT molecular complexity index is 1270. The molecule has 1 aliphatic rings. The average Bonchev–Trinajstić information content (AvgIpc) is 3.21. The smallest absolute Gasteiger partial charge is 0.303 e. The van der Waals surface area contributed by atoms with Gasteiger partial charge in [-0.15, -0.1) is 0 Å².